The molecule has 6 heteroatoms. The Kier molecular flexibility index (Phi) is 6.33. The Morgan fingerprint density at radius 1 is 1.17 bits per heavy atom. The van der Waals surface area contributed by atoms with E-state index < -0.39 is 0 Å². The maximum atomic E-state index is 11.9. The maximum Gasteiger partial charge on any atom is 0.227 e. The van der Waals surface area contributed by atoms with Gasteiger partial charge in [-0.1, -0.05) is 36.4 Å². The number of morpholine rings is 1. The van der Waals surface area contributed by atoms with Crippen molar-refractivity contribution >= 4 is 17.6 Å². The number of guanidine groups is 1. The highest BCUT2D eigenvalue weighted by molar-refractivity contribution is 5.95. The molecule has 30 heavy (non-hydrogen) atoms. The SMILES string of the molecule is CN=C(NCc1ccc(N2CCCC2=O)cc1)N1CCOC(c2ccccc2C)C1. The van der Waals surface area contributed by atoms with Gasteiger partial charge in [-0.15, -0.1) is 0 Å². The van der Waals surface area contributed by atoms with E-state index in [1.807, 2.05) is 24.1 Å². The third-order valence-corrected chi connectivity index (χ3v) is 5.89. The second kappa shape index (κ2) is 9.30. The van der Waals surface area contributed by atoms with Crippen LogP contribution in [0.5, 0.6) is 0 Å². The molecule has 0 spiro atoms. The van der Waals surface area contributed by atoms with Gasteiger partial charge in [0.05, 0.1) is 13.2 Å². The number of hydrogen-bond donors (Lipinski definition) is 1. The number of carbonyl (C=O) groups is 1. The smallest absolute Gasteiger partial charge is 0.227 e. The molecule has 4 rings (SSSR count). The number of aryl methyl sites for hydroxylation is 1. The number of benzene rings is 2. The second-order valence-electron chi connectivity index (χ2n) is 7.88. The van der Waals surface area contributed by atoms with Crippen molar-refractivity contribution < 1.29 is 9.53 Å². The predicted octanol–water partition coefficient (Wildman–Crippen LogP) is 3.27. The number of carbonyl (C=O) groups excluding carboxylic acids is 1. The predicted molar refractivity (Wildman–Crippen MR) is 120 cm³/mol. The van der Waals surface area contributed by atoms with Crippen molar-refractivity contribution in [2.24, 2.45) is 4.99 Å². The van der Waals surface area contributed by atoms with Crippen LogP contribution in [0.15, 0.2) is 53.5 Å². The summed E-state index contributed by atoms with van der Waals surface area (Å²) in [5.74, 6) is 1.10. The fraction of sp³-hybridized carbons (Fsp3) is 0.417. The lowest BCUT2D eigenvalue weighted by molar-refractivity contribution is -0.117. The van der Waals surface area contributed by atoms with E-state index in [0.29, 0.717) is 19.6 Å². The summed E-state index contributed by atoms with van der Waals surface area (Å²) in [7, 11) is 1.82. The molecule has 6 nitrogen and oxygen atoms in total. The third-order valence-electron chi connectivity index (χ3n) is 5.89. The van der Waals surface area contributed by atoms with E-state index in [0.717, 1.165) is 43.3 Å². The van der Waals surface area contributed by atoms with Crippen LogP contribution in [-0.4, -0.2) is 50.1 Å². The summed E-state index contributed by atoms with van der Waals surface area (Å²) < 4.78 is 6.05. The summed E-state index contributed by atoms with van der Waals surface area (Å²) >= 11 is 0. The van der Waals surface area contributed by atoms with Crippen LogP contribution in [0.3, 0.4) is 0 Å². The number of nitrogens with zero attached hydrogens (tertiary/aromatic N) is 3. The Bertz CT molecular complexity index is 910. The van der Waals surface area contributed by atoms with Crippen LogP contribution in [-0.2, 0) is 16.1 Å². The van der Waals surface area contributed by atoms with Gasteiger partial charge in [-0.05, 0) is 42.2 Å². The first-order valence-corrected chi connectivity index (χ1v) is 10.7. The summed E-state index contributed by atoms with van der Waals surface area (Å²) in [4.78, 5) is 20.5. The number of amides is 1. The first-order valence-electron chi connectivity index (χ1n) is 10.7. The lowest BCUT2D eigenvalue weighted by Crippen LogP contribution is -2.48. The molecule has 1 N–H and O–H groups in total. The highest BCUT2D eigenvalue weighted by Gasteiger charge is 2.25. The first-order chi connectivity index (χ1) is 14.7. The Morgan fingerprint density at radius 3 is 2.67 bits per heavy atom. The minimum absolute atomic E-state index is 0.0516. The number of ether oxygens (including phenoxy) is 1. The van der Waals surface area contributed by atoms with Crippen molar-refractivity contribution in [3.8, 4) is 0 Å². The number of hydrogen-bond acceptors (Lipinski definition) is 3. The monoisotopic (exact) mass is 406 g/mol. The lowest BCUT2D eigenvalue weighted by Gasteiger charge is -2.35. The number of rotatable bonds is 4. The molecule has 1 atom stereocenters. The van der Waals surface area contributed by atoms with E-state index in [1.165, 1.54) is 11.1 Å². The molecule has 1 amide bonds. The average molecular weight is 407 g/mol. The number of aliphatic imine (C=N–C) groups is 1. The standard InChI is InChI=1S/C24H30N4O2/c1-18-6-3-4-7-21(18)22-17-27(14-15-30-22)24(25-2)26-16-19-9-11-20(12-10-19)28-13-5-8-23(28)29/h3-4,6-7,9-12,22H,5,8,13-17H2,1-2H3,(H,25,26). The molecule has 0 aromatic heterocycles. The Morgan fingerprint density at radius 2 is 1.97 bits per heavy atom. The molecule has 2 heterocycles. The van der Waals surface area contributed by atoms with Gasteiger partial charge < -0.3 is 19.9 Å². The normalized spacial score (nSPS) is 20.0. The summed E-state index contributed by atoms with van der Waals surface area (Å²) in [6, 6.07) is 16.6. The van der Waals surface area contributed by atoms with Gasteiger partial charge in [0.15, 0.2) is 5.96 Å². The second-order valence-corrected chi connectivity index (χ2v) is 7.88. The summed E-state index contributed by atoms with van der Waals surface area (Å²) in [6.07, 6.45) is 1.65. The van der Waals surface area contributed by atoms with Gasteiger partial charge in [0.25, 0.3) is 0 Å². The van der Waals surface area contributed by atoms with Gasteiger partial charge in [0.1, 0.15) is 6.10 Å². The molecule has 0 saturated carbocycles. The van der Waals surface area contributed by atoms with E-state index in [-0.39, 0.29) is 12.0 Å². The Hall–Kier alpha value is -2.86. The quantitative estimate of drug-likeness (QED) is 0.625. The van der Waals surface area contributed by atoms with E-state index in [9.17, 15) is 4.79 Å². The average Bonchev–Trinajstić information content (AvgIpc) is 3.21. The highest BCUT2D eigenvalue weighted by atomic mass is 16.5. The van der Waals surface area contributed by atoms with Crippen molar-refractivity contribution in [3.63, 3.8) is 0 Å². The van der Waals surface area contributed by atoms with Crippen LogP contribution in [0.1, 0.15) is 35.6 Å². The molecule has 1 unspecified atom stereocenters. The van der Waals surface area contributed by atoms with Gasteiger partial charge >= 0.3 is 0 Å². The van der Waals surface area contributed by atoms with Crippen molar-refractivity contribution in [1.82, 2.24) is 10.2 Å². The van der Waals surface area contributed by atoms with Crippen LogP contribution in [0.4, 0.5) is 5.69 Å². The van der Waals surface area contributed by atoms with Gasteiger partial charge in [0, 0.05) is 38.8 Å². The lowest BCUT2D eigenvalue weighted by atomic mass is 10.0. The largest absolute Gasteiger partial charge is 0.370 e. The zero-order valence-corrected chi connectivity index (χ0v) is 17.8. The van der Waals surface area contributed by atoms with E-state index >= 15 is 0 Å². The van der Waals surface area contributed by atoms with Crippen LogP contribution < -0.4 is 10.2 Å². The van der Waals surface area contributed by atoms with Gasteiger partial charge in [-0.2, -0.15) is 0 Å². The summed E-state index contributed by atoms with van der Waals surface area (Å²) in [6.45, 7) is 5.91. The first kappa shape index (κ1) is 20.4. The number of anilines is 1. The molecular formula is C24H30N4O2. The topological polar surface area (TPSA) is 57.2 Å². The summed E-state index contributed by atoms with van der Waals surface area (Å²) in [5.41, 5.74) is 4.64. The molecule has 0 radical (unpaired) electrons. The van der Waals surface area contributed by atoms with E-state index in [2.05, 4.69) is 58.5 Å². The summed E-state index contributed by atoms with van der Waals surface area (Å²) in [5, 5.41) is 3.48. The van der Waals surface area contributed by atoms with Crippen molar-refractivity contribution in [2.45, 2.75) is 32.4 Å². The fourth-order valence-electron chi connectivity index (χ4n) is 4.21. The Labute approximate surface area is 178 Å². The van der Waals surface area contributed by atoms with Crippen molar-refractivity contribution in [1.29, 1.82) is 0 Å². The van der Waals surface area contributed by atoms with E-state index in [1.54, 1.807) is 0 Å². The van der Waals surface area contributed by atoms with Crippen LogP contribution in [0.2, 0.25) is 0 Å². The minimum Gasteiger partial charge on any atom is -0.370 e. The minimum atomic E-state index is 0.0516. The maximum absolute atomic E-state index is 11.9. The van der Waals surface area contributed by atoms with Crippen LogP contribution >= 0.6 is 0 Å². The third kappa shape index (κ3) is 4.49. The van der Waals surface area contributed by atoms with Crippen LogP contribution in [0, 0.1) is 6.92 Å². The molecular weight excluding hydrogens is 376 g/mol. The molecule has 2 aliphatic rings. The van der Waals surface area contributed by atoms with Crippen molar-refractivity contribution in [3.05, 3.63) is 65.2 Å². The molecule has 0 aliphatic carbocycles. The molecule has 2 fully saturated rings. The molecule has 0 bridgehead atoms. The Balaban J connectivity index is 1.36. The molecule has 2 saturated heterocycles. The fourth-order valence-corrected chi connectivity index (χ4v) is 4.21. The van der Waals surface area contributed by atoms with Crippen LogP contribution in [0.25, 0.3) is 0 Å². The number of nitrogens with one attached hydrogen (secondary N) is 1. The highest BCUT2D eigenvalue weighted by Crippen LogP contribution is 2.25. The van der Waals surface area contributed by atoms with E-state index in [4.69, 9.17) is 4.74 Å². The zero-order valence-electron chi connectivity index (χ0n) is 17.8. The van der Waals surface area contributed by atoms with Gasteiger partial charge in [0.2, 0.25) is 5.91 Å². The molecule has 158 valence electrons. The zero-order chi connectivity index (χ0) is 20.9. The molecule has 2 aromatic rings. The molecule has 2 aromatic carbocycles. The van der Waals surface area contributed by atoms with Crippen molar-refractivity contribution in [2.75, 3.05) is 38.2 Å². The van der Waals surface area contributed by atoms with Gasteiger partial charge in [-0.25, -0.2) is 0 Å². The molecule has 2 aliphatic heterocycles. The van der Waals surface area contributed by atoms with Gasteiger partial charge in [-0.3, -0.25) is 9.79 Å².